The quantitative estimate of drug-likeness (QED) is 0.540. The van der Waals surface area contributed by atoms with Crippen LogP contribution in [0, 0.1) is 17.8 Å². The van der Waals surface area contributed by atoms with Crippen molar-refractivity contribution in [2.75, 3.05) is 0 Å². The molecule has 2 atom stereocenters. The van der Waals surface area contributed by atoms with E-state index in [1.807, 2.05) is 13.8 Å². The molecule has 0 bridgehead atoms. The fourth-order valence-corrected chi connectivity index (χ4v) is 1.93. The van der Waals surface area contributed by atoms with Gasteiger partial charge in [-0.15, -0.1) is 0 Å². The molecule has 0 fully saturated rings. The fraction of sp³-hybridized carbons (Fsp3) is 0.833. The first-order valence-electron chi connectivity index (χ1n) is 5.42. The molecular formula is C12H24. The Morgan fingerprint density at radius 1 is 1.33 bits per heavy atom. The SMILES string of the molecule is CC.CCC1CC=CC1C(C)C. The molecule has 12 heavy (non-hydrogen) atoms. The van der Waals surface area contributed by atoms with Gasteiger partial charge in [-0.25, -0.2) is 0 Å². The van der Waals surface area contributed by atoms with Gasteiger partial charge < -0.3 is 0 Å². The van der Waals surface area contributed by atoms with Crippen molar-refractivity contribution < 1.29 is 0 Å². The molecule has 0 aliphatic heterocycles. The van der Waals surface area contributed by atoms with Crippen molar-refractivity contribution in [3.8, 4) is 0 Å². The van der Waals surface area contributed by atoms with E-state index in [9.17, 15) is 0 Å². The van der Waals surface area contributed by atoms with Crippen LogP contribution in [0.25, 0.3) is 0 Å². The molecule has 0 saturated heterocycles. The second kappa shape index (κ2) is 6.28. The topological polar surface area (TPSA) is 0 Å². The Hall–Kier alpha value is -0.260. The van der Waals surface area contributed by atoms with Gasteiger partial charge in [-0.05, 0) is 24.2 Å². The third kappa shape index (κ3) is 3.00. The summed E-state index contributed by atoms with van der Waals surface area (Å²) in [7, 11) is 0. The molecule has 0 amide bonds. The first-order chi connectivity index (χ1) is 5.75. The third-order valence-electron chi connectivity index (χ3n) is 2.64. The molecule has 0 radical (unpaired) electrons. The van der Waals surface area contributed by atoms with Crippen molar-refractivity contribution in [1.82, 2.24) is 0 Å². The van der Waals surface area contributed by atoms with Gasteiger partial charge in [0.1, 0.15) is 0 Å². The van der Waals surface area contributed by atoms with Gasteiger partial charge in [-0.1, -0.05) is 53.2 Å². The average Bonchev–Trinajstić information content (AvgIpc) is 2.55. The van der Waals surface area contributed by atoms with Crippen LogP contribution in [0.15, 0.2) is 12.2 Å². The summed E-state index contributed by atoms with van der Waals surface area (Å²) < 4.78 is 0. The molecule has 0 heterocycles. The summed E-state index contributed by atoms with van der Waals surface area (Å²) in [5.74, 6) is 2.65. The predicted octanol–water partition coefficient (Wildman–Crippen LogP) is 4.27. The summed E-state index contributed by atoms with van der Waals surface area (Å²) in [5, 5.41) is 0. The molecule has 0 N–H and O–H groups in total. The van der Waals surface area contributed by atoms with Crippen LogP contribution in [-0.4, -0.2) is 0 Å². The summed E-state index contributed by atoms with van der Waals surface area (Å²) in [6.07, 6.45) is 7.41. The van der Waals surface area contributed by atoms with Crippen LogP contribution in [0.4, 0.5) is 0 Å². The highest BCUT2D eigenvalue weighted by molar-refractivity contribution is 5.01. The summed E-state index contributed by atoms with van der Waals surface area (Å²) in [6.45, 7) is 10.9. The van der Waals surface area contributed by atoms with Crippen molar-refractivity contribution in [1.29, 1.82) is 0 Å². The van der Waals surface area contributed by atoms with Crippen molar-refractivity contribution in [3.63, 3.8) is 0 Å². The Morgan fingerprint density at radius 2 is 1.92 bits per heavy atom. The minimum Gasteiger partial charge on any atom is -0.0879 e. The normalized spacial score (nSPS) is 27.2. The average molecular weight is 168 g/mol. The van der Waals surface area contributed by atoms with Gasteiger partial charge in [0.2, 0.25) is 0 Å². The molecule has 0 heteroatoms. The zero-order valence-corrected chi connectivity index (χ0v) is 9.30. The van der Waals surface area contributed by atoms with E-state index >= 15 is 0 Å². The maximum atomic E-state index is 2.40. The minimum absolute atomic E-state index is 0.837. The van der Waals surface area contributed by atoms with Gasteiger partial charge in [0.05, 0.1) is 0 Å². The van der Waals surface area contributed by atoms with Crippen LogP contribution in [0.5, 0.6) is 0 Å². The first kappa shape index (κ1) is 11.7. The van der Waals surface area contributed by atoms with Gasteiger partial charge in [0.15, 0.2) is 0 Å². The van der Waals surface area contributed by atoms with Crippen molar-refractivity contribution in [3.05, 3.63) is 12.2 Å². The molecule has 0 nitrogen and oxygen atoms in total. The number of hydrogen-bond donors (Lipinski definition) is 0. The highest BCUT2D eigenvalue weighted by atomic mass is 14.3. The lowest BCUT2D eigenvalue weighted by Crippen LogP contribution is -2.12. The molecular weight excluding hydrogens is 144 g/mol. The molecule has 0 aromatic rings. The standard InChI is InChI=1S/C10H18.C2H6/c1-4-9-6-5-7-10(9)8(2)3;1-2/h5,7-10H,4,6H2,1-3H3;1-2H3. The van der Waals surface area contributed by atoms with E-state index < -0.39 is 0 Å². The Balaban J connectivity index is 0.000000561. The maximum absolute atomic E-state index is 2.40. The summed E-state index contributed by atoms with van der Waals surface area (Å²) in [6, 6.07) is 0. The highest BCUT2D eigenvalue weighted by Gasteiger charge is 2.23. The smallest absolute Gasteiger partial charge is 0.0179 e. The van der Waals surface area contributed by atoms with Crippen molar-refractivity contribution in [2.24, 2.45) is 17.8 Å². The van der Waals surface area contributed by atoms with E-state index in [0.29, 0.717) is 0 Å². The lowest BCUT2D eigenvalue weighted by Gasteiger charge is -2.20. The Bertz CT molecular complexity index is 122. The summed E-state index contributed by atoms with van der Waals surface area (Å²) in [5.41, 5.74) is 0. The van der Waals surface area contributed by atoms with Gasteiger partial charge in [0.25, 0.3) is 0 Å². The molecule has 72 valence electrons. The second-order valence-electron chi connectivity index (χ2n) is 3.65. The molecule has 1 aliphatic carbocycles. The van der Waals surface area contributed by atoms with E-state index in [0.717, 1.165) is 17.8 Å². The molecule has 0 saturated carbocycles. The monoisotopic (exact) mass is 168 g/mol. The van der Waals surface area contributed by atoms with Crippen LogP contribution >= 0.6 is 0 Å². The summed E-state index contributed by atoms with van der Waals surface area (Å²) >= 11 is 0. The lowest BCUT2D eigenvalue weighted by molar-refractivity contribution is 0.326. The number of rotatable bonds is 2. The molecule has 0 aromatic heterocycles. The molecule has 2 unspecified atom stereocenters. The van der Waals surface area contributed by atoms with Gasteiger partial charge in [-0.2, -0.15) is 0 Å². The van der Waals surface area contributed by atoms with Crippen LogP contribution in [0.2, 0.25) is 0 Å². The van der Waals surface area contributed by atoms with Crippen molar-refractivity contribution in [2.45, 2.75) is 47.5 Å². The second-order valence-corrected chi connectivity index (χ2v) is 3.65. The molecule has 1 aliphatic rings. The van der Waals surface area contributed by atoms with E-state index in [1.165, 1.54) is 12.8 Å². The largest absolute Gasteiger partial charge is 0.0879 e. The van der Waals surface area contributed by atoms with Crippen LogP contribution in [0.1, 0.15) is 47.5 Å². The highest BCUT2D eigenvalue weighted by Crippen LogP contribution is 2.32. The Morgan fingerprint density at radius 3 is 2.25 bits per heavy atom. The molecule has 0 aromatic carbocycles. The zero-order valence-electron chi connectivity index (χ0n) is 9.30. The van der Waals surface area contributed by atoms with E-state index in [1.54, 1.807) is 0 Å². The Kier molecular flexibility index (Phi) is 6.14. The zero-order chi connectivity index (χ0) is 9.56. The van der Waals surface area contributed by atoms with Crippen LogP contribution in [-0.2, 0) is 0 Å². The molecule has 0 spiro atoms. The number of allylic oxidation sites excluding steroid dienone is 2. The van der Waals surface area contributed by atoms with E-state index in [2.05, 4.69) is 32.9 Å². The van der Waals surface area contributed by atoms with Crippen LogP contribution < -0.4 is 0 Å². The van der Waals surface area contributed by atoms with Crippen LogP contribution in [0.3, 0.4) is 0 Å². The fourth-order valence-electron chi connectivity index (χ4n) is 1.93. The van der Waals surface area contributed by atoms with Gasteiger partial charge >= 0.3 is 0 Å². The molecule has 1 rings (SSSR count). The first-order valence-corrected chi connectivity index (χ1v) is 5.42. The van der Waals surface area contributed by atoms with Gasteiger partial charge in [-0.3, -0.25) is 0 Å². The maximum Gasteiger partial charge on any atom is -0.0179 e. The minimum atomic E-state index is 0.837. The Labute approximate surface area is 78.1 Å². The summed E-state index contributed by atoms with van der Waals surface area (Å²) in [4.78, 5) is 0. The third-order valence-corrected chi connectivity index (χ3v) is 2.64. The number of hydrogen-bond acceptors (Lipinski definition) is 0. The lowest BCUT2D eigenvalue weighted by atomic mass is 9.85. The van der Waals surface area contributed by atoms with Gasteiger partial charge in [0, 0.05) is 0 Å². The van der Waals surface area contributed by atoms with Crippen molar-refractivity contribution >= 4 is 0 Å². The van der Waals surface area contributed by atoms with E-state index in [-0.39, 0.29) is 0 Å². The predicted molar refractivity (Wildman–Crippen MR) is 57.2 cm³/mol. The van der Waals surface area contributed by atoms with E-state index in [4.69, 9.17) is 0 Å².